The lowest BCUT2D eigenvalue weighted by Gasteiger charge is -2.21. The molecule has 0 saturated carbocycles. The van der Waals surface area contributed by atoms with Crippen LogP contribution in [0.25, 0.3) is 0 Å². The topological polar surface area (TPSA) is 28.2 Å². The van der Waals surface area contributed by atoms with Crippen LogP contribution in [0.1, 0.15) is 47.7 Å². The Morgan fingerprint density at radius 3 is 3.00 bits per heavy atom. The summed E-state index contributed by atoms with van der Waals surface area (Å²) >= 11 is 1.95. The number of fused-ring (bicyclic) bond motifs is 1. The molecule has 19 heavy (non-hydrogen) atoms. The molecule has 108 valence electrons. The van der Waals surface area contributed by atoms with Crippen molar-refractivity contribution < 1.29 is 0 Å². The molecule has 4 heteroatoms. The van der Waals surface area contributed by atoms with Gasteiger partial charge in [0.2, 0.25) is 0 Å². The highest BCUT2D eigenvalue weighted by Gasteiger charge is 2.24. The smallest absolute Gasteiger partial charge is 0.0944 e. The summed E-state index contributed by atoms with van der Waals surface area (Å²) in [4.78, 5) is 8.73. The average Bonchev–Trinajstić information content (AvgIpc) is 2.80. The molecule has 0 radical (unpaired) electrons. The number of aromatic nitrogens is 1. The third-order valence-corrected chi connectivity index (χ3v) is 4.90. The number of hydrogen-bond donors (Lipinski definition) is 1. The van der Waals surface area contributed by atoms with Crippen LogP contribution in [-0.4, -0.2) is 43.6 Å². The van der Waals surface area contributed by atoms with Crippen LogP contribution in [0.15, 0.2) is 0 Å². The Morgan fingerprint density at radius 1 is 1.42 bits per heavy atom. The van der Waals surface area contributed by atoms with Crippen LogP contribution in [-0.2, 0) is 12.8 Å². The maximum atomic E-state index is 4.93. The molecule has 1 aromatic heterocycles. The van der Waals surface area contributed by atoms with Crippen molar-refractivity contribution in [2.75, 3.05) is 33.7 Å². The van der Waals surface area contributed by atoms with Gasteiger partial charge in [0, 0.05) is 30.3 Å². The molecule has 1 atom stereocenters. The summed E-state index contributed by atoms with van der Waals surface area (Å²) in [6.07, 6.45) is 6.20. The number of nitrogens with one attached hydrogen (secondary N) is 1. The Morgan fingerprint density at radius 2 is 2.26 bits per heavy atom. The second-order valence-corrected chi connectivity index (χ2v) is 6.93. The first-order valence-electron chi connectivity index (χ1n) is 7.54. The van der Waals surface area contributed by atoms with Crippen molar-refractivity contribution in [1.82, 2.24) is 15.2 Å². The number of likely N-dealkylation sites (N-methyl/N-ethyl adjacent to an activating group) is 1. The van der Waals surface area contributed by atoms with Gasteiger partial charge >= 0.3 is 0 Å². The Hall–Kier alpha value is -0.450. The number of rotatable bonds is 7. The van der Waals surface area contributed by atoms with E-state index in [1.165, 1.54) is 36.4 Å². The fraction of sp³-hybridized carbons (Fsp3) is 0.800. The van der Waals surface area contributed by atoms with Crippen LogP contribution in [0.4, 0.5) is 0 Å². The normalized spacial score (nSPS) is 18.8. The van der Waals surface area contributed by atoms with Crippen LogP contribution < -0.4 is 5.32 Å². The molecule has 3 nitrogen and oxygen atoms in total. The second kappa shape index (κ2) is 7.36. The Bertz CT molecular complexity index is 387. The van der Waals surface area contributed by atoms with Gasteiger partial charge in [0.1, 0.15) is 0 Å². The standard InChI is InChI=1S/C15H27N3S/c1-4-9-16-11-12-6-5-7-13-15(12)17-14(19-13)8-10-18(2)3/h12,16H,4-11H2,1-3H3. The minimum absolute atomic E-state index is 0.652. The molecule has 1 aliphatic rings. The first kappa shape index (κ1) is 14.9. The first-order valence-corrected chi connectivity index (χ1v) is 8.36. The molecule has 1 N–H and O–H groups in total. The van der Waals surface area contributed by atoms with Crippen LogP contribution in [0.3, 0.4) is 0 Å². The summed E-state index contributed by atoms with van der Waals surface area (Å²) in [7, 11) is 4.26. The molecule has 2 rings (SSSR count). The van der Waals surface area contributed by atoms with E-state index < -0.39 is 0 Å². The summed E-state index contributed by atoms with van der Waals surface area (Å²) in [5.74, 6) is 0.652. The second-order valence-electron chi connectivity index (χ2n) is 5.76. The van der Waals surface area contributed by atoms with Crippen molar-refractivity contribution in [2.45, 2.75) is 44.9 Å². The zero-order valence-electron chi connectivity index (χ0n) is 12.5. The largest absolute Gasteiger partial charge is 0.316 e. The van der Waals surface area contributed by atoms with E-state index in [1.54, 1.807) is 4.88 Å². The van der Waals surface area contributed by atoms with Crippen molar-refractivity contribution in [3.8, 4) is 0 Å². The molecule has 1 heterocycles. The van der Waals surface area contributed by atoms with Crippen LogP contribution >= 0.6 is 11.3 Å². The monoisotopic (exact) mass is 281 g/mol. The minimum Gasteiger partial charge on any atom is -0.316 e. The van der Waals surface area contributed by atoms with Gasteiger partial charge in [-0.25, -0.2) is 4.98 Å². The zero-order chi connectivity index (χ0) is 13.7. The number of nitrogens with zero attached hydrogens (tertiary/aromatic N) is 2. The molecule has 0 aliphatic heterocycles. The quantitative estimate of drug-likeness (QED) is 0.779. The van der Waals surface area contributed by atoms with Gasteiger partial charge in [-0.3, -0.25) is 0 Å². The van der Waals surface area contributed by atoms with E-state index in [1.807, 2.05) is 11.3 Å². The Kier molecular flexibility index (Phi) is 5.79. The average molecular weight is 281 g/mol. The van der Waals surface area contributed by atoms with E-state index in [-0.39, 0.29) is 0 Å². The highest BCUT2D eigenvalue weighted by Crippen LogP contribution is 2.34. The summed E-state index contributed by atoms with van der Waals surface area (Å²) in [6, 6.07) is 0. The van der Waals surface area contributed by atoms with Gasteiger partial charge in [-0.2, -0.15) is 0 Å². The lowest BCUT2D eigenvalue weighted by molar-refractivity contribution is 0.413. The fourth-order valence-electron chi connectivity index (χ4n) is 2.64. The molecule has 0 spiro atoms. The fourth-order valence-corrected chi connectivity index (χ4v) is 3.82. The van der Waals surface area contributed by atoms with Crippen LogP contribution in [0.5, 0.6) is 0 Å². The minimum atomic E-state index is 0.652. The maximum Gasteiger partial charge on any atom is 0.0944 e. The van der Waals surface area contributed by atoms with Crippen molar-refractivity contribution in [3.05, 3.63) is 15.6 Å². The van der Waals surface area contributed by atoms with Crippen LogP contribution in [0.2, 0.25) is 0 Å². The molecule has 0 aromatic carbocycles. The van der Waals surface area contributed by atoms with Crippen molar-refractivity contribution in [3.63, 3.8) is 0 Å². The van der Waals surface area contributed by atoms with Gasteiger partial charge in [-0.05, 0) is 46.3 Å². The highest BCUT2D eigenvalue weighted by atomic mass is 32.1. The number of hydrogen-bond acceptors (Lipinski definition) is 4. The third kappa shape index (κ3) is 4.26. The predicted octanol–water partition coefficient (Wildman–Crippen LogP) is 2.67. The number of aryl methyl sites for hydroxylation is 1. The van der Waals surface area contributed by atoms with Gasteiger partial charge in [-0.15, -0.1) is 11.3 Å². The zero-order valence-corrected chi connectivity index (χ0v) is 13.4. The molecule has 0 bridgehead atoms. The first-order chi connectivity index (χ1) is 9.20. The van der Waals surface area contributed by atoms with E-state index in [0.29, 0.717) is 5.92 Å². The maximum absolute atomic E-state index is 4.93. The SMILES string of the molecule is CCCNCC1CCCc2sc(CCN(C)C)nc21. The van der Waals surface area contributed by atoms with Crippen molar-refractivity contribution in [1.29, 1.82) is 0 Å². The molecule has 1 aromatic rings. The third-order valence-electron chi connectivity index (χ3n) is 3.71. The van der Waals surface area contributed by atoms with E-state index in [0.717, 1.165) is 26.1 Å². The lowest BCUT2D eigenvalue weighted by Crippen LogP contribution is -2.25. The molecule has 0 fully saturated rings. The van der Waals surface area contributed by atoms with Gasteiger partial charge < -0.3 is 10.2 Å². The van der Waals surface area contributed by atoms with Gasteiger partial charge in [0.25, 0.3) is 0 Å². The van der Waals surface area contributed by atoms with Crippen LogP contribution in [0, 0.1) is 0 Å². The predicted molar refractivity (Wildman–Crippen MR) is 83.2 cm³/mol. The Balaban J connectivity index is 1.98. The van der Waals surface area contributed by atoms with Gasteiger partial charge in [0.05, 0.1) is 10.7 Å². The summed E-state index contributed by atoms with van der Waals surface area (Å²) in [5, 5.41) is 4.90. The summed E-state index contributed by atoms with van der Waals surface area (Å²) in [6.45, 7) is 5.56. The van der Waals surface area contributed by atoms with Crippen molar-refractivity contribution in [2.24, 2.45) is 0 Å². The molecule has 1 unspecified atom stereocenters. The van der Waals surface area contributed by atoms with E-state index >= 15 is 0 Å². The van der Waals surface area contributed by atoms with E-state index in [2.05, 4.69) is 31.2 Å². The van der Waals surface area contributed by atoms with Gasteiger partial charge in [0.15, 0.2) is 0 Å². The molecular weight excluding hydrogens is 254 g/mol. The van der Waals surface area contributed by atoms with Crippen molar-refractivity contribution >= 4 is 11.3 Å². The molecule has 0 saturated heterocycles. The number of thiazole rings is 1. The van der Waals surface area contributed by atoms with Gasteiger partial charge in [-0.1, -0.05) is 6.92 Å². The summed E-state index contributed by atoms with van der Waals surface area (Å²) < 4.78 is 0. The molecule has 1 aliphatic carbocycles. The van der Waals surface area contributed by atoms with E-state index in [4.69, 9.17) is 4.98 Å². The summed E-state index contributed by atoms with van der Waals surface area (Å²) in [5.41, 5.74) is 1.41. The van der Waals surface area contributed by atoms with E-state index in [9.17, 15) is 0 Å². The highest BCUT2D eigenvalue weighted by molar-refractivity contribution is 7.11. The molecule has 0 amide bonds. The lowest BCUT2D eigenvalue weighted by atomic mass is 9.91. The Labute approximate surface area is 121 Å². The molecular formula is C15H27N3S.